The first-order chi connectivity index (χ1) is 14.0. The van der Waals surface area contributed by atoms with Gasteiger partial charge in [-0.1, -0.05) is 59.3 Å². The van der Waals surface area contributed by atoms with Crippen LogP contribution in [0.4, 0.5) is 5.69 Å². The zero-order valence-corrected chi connectivity index (χ0v) is 17.6. The number of rotatable bonds is 5. The van der Waals surface area contributed by atoms with Crippen molar-refractivity contribution in [2.45, 2.75) is 25.5 Å². The third-order valence-electron chi connectivity index (χ3n) is 4.41. The molecule has 2 aromatic rings. The number of ether oxygens (including phenoxy) is 1. The third kappa shape index (κ3) is 4.47. The van der Waals surface area contributed by atoms with Gasteiger partial charge < -0.3 is 4.74 Å². The second-order valence-corrected chi connectivity index (χ2v) is 8.02. The maximum Gasteiger partial charge on any atom is 0.351 e. The maximum absolute atomic E-state index is 13.3. The molecule has 0 N–H and O–H groups in total. The van der Waals surface area contributed by atoms with E-state index in [1.807, 2.05) is 43.3 Å². The first kappa shape index (κ1) is 21.0. The molecular formula is C22H19ClN2O3S. The molecule has 3 rings (SSSR count). The highest BCUT2D eigenvalue weighted by molar-refractivity contribution is 8.05. The van der Waals surface area contributed by atoms with Crippen molar-refractivity contribution in [2.75, 3.05) is 11.5 Å². The highest BCUT2D eigenvalue weighted by Gasteiger charge is 2.41. The highest BCUT2D eigenvalue weighted by atomic mass is 35.5. The maximum atomic E-state index is 13.3. The van der Waals surface area contributed by atoms with Gasteiger partial charge in [-0.25, -0.2) is 4.79 Å². The smallest absolute Gasteiger partial charge is 0.351 e. The molecule has 0 saturated carbocycles. The van der Waals surface area contributed by atoms with Crippen LogP contribution in [0, 0.1) is 18.3 Å². The minimum atomic E-state index is -0.735. The zero-order valence-electron chi connectivity index (χ0n) is 16.0. The fourth-order valence-electron chi connectivity index (χ4n) is 2.97. The van der Waals surface area contributed by atoms with Crippen molar-refractivity contribution in [3.8, 4) is 6.07 Å². The molecule has 0 unspecified atom stereocenters. The van der Waals surface area contributed by atoms with Crippen LogP contribution in [0.5, 0.6) is 0 Å². The molecule has 2 aromatic carbocycles. The molecule has 0 spiro atoms. The van der Waals surface area contributed by atoms with Crippen molar-refractivity contribution in [2.24, 2.45) is 0 Å². The van der Waals surface area contributed by atoms with Gasteiger partial charge in [-0.2, -0.15) is 5.26 Å². The van der Waals surface area contributed by atoms with Crippen LogP contribution in [0.2, 0.25) is 5.02 Å². The number of hydrogen-bond acceptors (Lipinski definition) is 5. The molecule has 1 atom stereocenters. The van der Waals surface area contributed by atoms with E-state index in [1.54, 1.807) is 25.1 Å². The van der Waals surface area contributed by atoms with Crippen molar-refractivity contribution < 1.29 is 14.3 Å². The number of carbonyl (C=O) groups is 2. The molecule has 5 nitrogen and oxygen atoms in total. The second-order valence-electron chi connectivity index (χ2n) is 6.42. The summed E-state index contributed by atoms with van der Waals surface area (Å²) in [5, 5.41) is 9.97. The van der Waals surface area contributed by atoms with E-state index in [-0.39, 0.29) is 23.1 Å². The van der Waals surface area contributed by atoms with Crippen LogP contribution >= 0.6 is 23.4 Å². The van der Waals surface area contributed by atoms with Crippen LogP contribution in [0.3, 0.4) is 0 Å². The van der Waals surface area contributed by atoms with E-state index in [9.17, 15) is 14.9 Å². The van der Waals surface area contributed by atoms with Gasteiger partial charge in [-0.05, 0) is 44.0 Å². The summed E-state index contributed by atoms with van der Waals surface area (Å²) in [5.74, 6) is -0.938. The molecule has 0 aromatic heterocycles. The minimum Gasteiger partial charge on any atom is -0.462 e. The van der Waals surface area contributed by atoms with Crippen LogP contribution in [0.15, 0.2) is 59.1 Å². The Balaban J connectivity index is 2.05. The Labute approximate surface area is 178 Å². The summed E-state index contributed by atoms with van der Waals surface area (Å²) in [4.78, 5) is 27.1. The Morgan fingerprint density at radius 2 is 1.93 bits per heavy atom. The number of thioether (sulfide) groups is 1. The SMILES string of the molecule is CCOC(=O)/C(C#N)=C1\S[C@H](Cc2ccccc2Cl)C(=O)N1c1ccc(C)cc1. The monoisotopic (exact) mass is 426 g/mol. The Morgan fingerprint density at radius 1 is 1.24 bits per heavy atom. The van der Waals surface area contributed by atoms with Crippen molar-refractivity contribution >= 4 is 40.9 Å². The number of esters is 1. The molecule has 1 aliphatic rings. The van der Waals surface area contributed by atoms with Gasteiger partial charge in [0.2, 0.25) is 5.91 Å². The lowest BCUT2D eigenvalue weighted by molar-refractivity contribution is -0.138. The molecule has 1 amide bonds. The van der Waals surface area contributed by atoms with Crippen LogP contribution in [0.25, 0.3) is 0 Å². The molecule has 1 heterocycles. The molecule has 0 radical (unpaired) electrons. The first-order valence-electron chi connectivity index (χ1n) is 9.08. The minimum absolute atomic E-state index is 0.142. The number of nitrogens with zero attached hydrogens (tertiary/aromatic N) is 2. The van der Waals surface area contributed by atoms with E-state index in [1.165, 1.54) is 16.7 Å². The molecule has 7 heteroatoms. The topological polar surface area (TPSA) is 70.4 Å². The first-order valence-corrected chi connectivity index (χ1v) is 10.3. The average molecular weight is 427 g/mol. The van der Waals surface area contributed by atoms with E-state index >= 15 is 0 Å². The molecule has 0 bridgehead atoms. The quantitative estimate of drug-likeness (QED) is 0.395. The number of carbonyl (C=O) groups excluding carboxylic acids is 2. The molecular weight excluding hydrogens is 408 g/mol. The Hall–Kier alpha value is -2.75. The summed E-state index contributed by atoms with van der Waals surface area (Å²) in [6.45, 7) is 3.76. The Bertz CT molecular complexity index is 1010. The molecule has 1 aliphatic heterocycles. The van der Waals surface area contributed by atoms with Crippen LogP contribution in [-0.4, -0.2) is 23.7 Å². The fraction of sp³-hybridized carbons (Fsp3) is 0.227. The van der Waals surface area contributed by atoms with Crippen molar-refractivity contribution in [1.82, 2.24) is 0 Å². The van der Waals surface area contributed by atoms with E-state index in [4.69, 9.17) is 16.3 Å². The van der Waals surface area contributed by atoms with Gasteiger partial charge in [-0.15, -0.1) is 0 Å². The van der Waals surface area contributed by atoms with Gasteiger partial charge in [0.25, 0.3) is 0 Å². The van der Waals surface area contributed by atoms with Gasteiger partial charge in [0.05, 0.1) is 11.9 Å². The lowest BCUT2D eigenvalue weighted by Gasteiger charge is -2.18. The summed E-state index contributed by atoms with van der Waals surface area (Å²) in [6.07, 6.45) is 0.385. The second kappa shape index (κ2) is 9.17. The lowest BCUT2D eigenvalue weighted by Crippen LogP contribution is -2.30. The van der Waals surface area contributed by atoms with E-state index < -0.39 is 11.2 Å². The number of anilines is 1. The van der Waals surface area contributed by atoms with E-state index in [2.05, 4.69) is 0 Å². The predicted octanol–water partition coefficient (Wildman–Crippen LogP) is 4.64. The molecule has 148 valence electrons. The summed E-state index contributed by atoms with van der Waals surface area (Å²) < 4.78 is 5.03. The largest absolute Gasteiger partial charge is 0.462 e. The van der Waals surface area contributed by atoms with Crippen LogP contribution in [-0.2, 0) is 20.7 Å². The average Bonchev–Trinajstić information content (AvgIpc) is 3.01. The Morgan fingerprint density at radius 3 is 2.55 bits per heavy atom. The summed E-state index contributed by atoms with van der Waals surface area (Å²) in [6, 6.07) is 16.6. The number of nitriles is 1. The van der Waals surface area contributed by atoms with Gasteiger partial charge >= 0.3 is 5.97 Å². The standard InChI is InChI=1S/C22H19ClN2O3S/c1-3-28-22(27)17(13-24)21-25(16-10-8-14(2)9-11-16)20(26)19(29-21)12-15-6-4-5-7-18(15)23/h4-11,19H,3,12H2,1-2H3/b21-17-/t19-/m1/s1. The number of aryl methyl sites for hydroxylation is 1. The van der Waals surface area contributed by atoms with Crippen molar-refractivity contribution in [3.63, 3.8) is 0 Å². The summed E-state index contributed by atoms with van der Waals surface area (Å²) in [5.41, 5.74) is 2.30. The third-order valence-corrected chi connectivity index (χ3v) is 6.04. The van der Waals surface area contributed by atoms with Gasteiger partial charge in [0, 0.05) is 10.7 Å². The number of hydrogen-bond donors (Lipinski definition) is 0. The molecule has 1 fully saturated rings. The molecule has 0 aliphatic carbocycles. The molecule has 1 saturated heterocycles. The fourth-order valence-corrected chi connectivity index (χ4v) is 4.47. The van der Waals surface area contributed by atoms with Gasteiger partial charge in [0.1, 0.15) is 11.1 Å². The van der Waals surface area contributed by atoms with Crippen LogP contribution in [0.1, 0.15) is 18.1 Å². The van der Waals surface area contributed by atoms with E-state index in [0.717, 1.165) is 11.1 Å². The van der Waals surface area contributed by atoms with Crippen molar-refractivity contribution in [3.05, 3.63) is 75.3 Å². The summed E-state index contributed by atoms with van der Waals surface area (Å²) >= 11 is 7.46. The summed E-state index contributed by atoms with van der Waals surface area (Å²) in [7, 11) is 0. The van der Waals surface area contributed by atoms with Gasteiger partial charge in [0.15, 0.2) is 5.57 Å². The van der Waals surface area contributed by atoms with E-state index in [0.29, 0.717) is 17.1 Å². The van der Waals surface area contributed by atoms with Crippen molar-refractivity contribution in [1.29, 1.82) is 5.26 Å². The number of benzene rings is 2. The molecule has 29 heavy (non-hydrogen) atoms. The van der Waals surface area contributed by atoms with Gasteiger partial charge in [-0.3, -0.25) is 9.69 Å². The Kier molecular flexibility index (Phi) is 6.63. The number of halogens is 1. The normalized spacial score (nSPS) is 17.8. The highest BCUT2D eigenvalue weighted by Crippen LogP contribution is 2.42. The van der Waals surface area contributed by atoms with Crippen LogP contribution < -0.4 is 4.90 Å². The lowest BCUT2D eigenvalue weighted by atomic mass is 10.1. The predicted molar refractivity (Wildman–Crippen MR) is 114 cm³/mol. The number of amides is 1. The zero-order chi connectivity index (χ0) is 21.0.